The minimum atomic E-state index is -0.326. The van der Waals surface area contributed by atoms with Crippen LogP contribution in [0.3, 0.4) is 0 Å². The first-order valence-corrected chi connectivity index (χ1v) is 14.7. The second-order valence-corrected chi connectivity index (χ2v) is 10.8. The molecule has 12 heteroatoms. The summed E-state index contributed by atoms with van der Waals surface area (Å²) in [5.41, 5.74) is 1.15. The second-order valence-electron chi connectivity index (χ2n) is 7.59. The molecule has 0 aliphatic rings. The van der Waals surface area contributed by atoms with Crippen molar-refractivity contribution in [1.29, 1.82) is 0 Å². The Balaban J connectivity index is 1.70. The highest BCUT2D eigenvalue weighted by Gasteiger charge is 2.23. The summed E-state index contributed by atoms with van der Waals surface area (Å²) < 4.78 is 7.87. The van der Waals surface area contributed by atoms with Gasteiger partial charge in [0.1, 0.15) is 5.75 Å². The van der Waals surface area contributed by atoms with Crippen molar-refractivity contribution >= 4 is 68.6 Å². The number of hydrogen-bond donors (Lipinski definition) is 2. The van der Waals surface area contributed by atoms with Gasteiger partial charge in [-0.2, -0.15) is 11.8 Å². The Morgan fingerprint density at radius 1 is 1.19 bits per heavy atom. The first-order valence-electron chi connectivity index (χ1n) is 11.1. The van der Waals surface area contributed by atoms with Crippen LogP contribution in [0.2, 0.25) is 5.02 Å². The summed E-state index contributed by atoms with van der Waals surface area (Å²) in [5, 5.41) is 15.8. The molecule has 0 saturated carbocycles. The lowest BCUT2D eigenvalue weighted by atomic mass is 10.1. The molecule has 8 nitrogen and oxygen atoms in total. The molecule has 2 amide bonds. The van der Waals surface area contributed by atoms with Gasteiger partial charge in [0.2, 0.25) is 5.91 Å². The van der Waals surface area contributed by atoms with Gasteiger partial charge in [-0.25, -0.2) is 0 Å². The van der Waals surface area contributed by atoms with Gasteiger partial charge >= 0.3 is 0 Å². The van der Waals surface area contributed by atoms with Gasteiger partial charge in [-0.05, 0) is 83.7 Å². The molecule has 0 spiro atoms. The van der Waals surface area contributed by atoms with Gasteiger partial charge in [0, 0.05) is 22.3 Å². The van der Waals surface area contributed by atoms with Crippen molar-refractivity contribution in [2.75, 3.05) is 30.2 Å². The van der Waals surface area contributed by atoms with E-state index < -0.39 is 0 Å². The van der Waals surface area contributed by atoms with Gasteiger partial charge in [-0.1, -0.05) is 23.4 Å². The first kappa shape index (κ1) is 28.4. The summed E-state index contributed by atoms with van der Waals surface area (Å²) in [5.74, 6) is 1.96. The molecule has 2 aromatic carbocycles. The van der Waals surface area contributed by atoms with Crippen LogP contribution in [-0.2, 0) is 11.3 Å². The highest BCUT2D eigenvalue weighted by atomic mass is 79.9. The fraction of sp³-hybridized carbons (Fsp3) is 0.333. The van der Waals surface area contributed by atoms with E-state index in [0.29, 0.717) is 46.0 Å². The average Bonchev–Trinajstić information content (AvgIpc) is 3.30. The lowest BCUT2D eigenvalue weighted by molar-refractivity contribution is -0.113. The van der Waals surface area contributed by atoms with E-state index in [-0.39, 0.29) is 23.6 Å². The smallest absolute Gasteiger partial charge is 0.251 e. The maximum Gasteiger partial charge on any atom is 0.251 e. The van der Waals surface area contributed by atoms with Crippen molar-refractivity contribution in [3.05, 3.63) is 63.3 Å². The molecule has 36 heavy (non-hydrogen) atoms. The van der Waals surface area contributed by atoms with E-state index in [4.69, 9.17) is 16.3 Å². The molecule has 192 valence electrons. The van der Waals surface area contributed by atoms with Crippen LogP contribution in [0.5, 0.6) is 5.75 Å². The zero-order valence-electron chi connectivity index (χ0n) is 20.1. The predicted octanol–water partition coefficient (Wildman–Crippen LogP) is 5.68. The molecular weight excluding hydrogens is 586 g/mol. The van der Waals surface area contributed by atoms with Crippen molar-refractivity contribution in [3.8, 4) is 5.75 Å². The van der Waals surface area contributed by atoms with Gasteiger partial charge in [0.25, 0.3) is 5.91 Å². The topological polar surface area (TPSA) is 98.1 Å². The summed E-state index contributed by atoms with van der Waals surface area (Å²) in [6, 6.07) is 11.9. The highest BCUT2D eigenvalue weighted by Crippen LogP contribution is 2.27. The van der Waals surface area contributed by atoms with E-state index >= 15 is 0 Å². The number of nitrogens with zero attached hydrogens (tertiary/aromatic N) is 3. The van der Waals surface area contributed by atoms with Gasteiger partial charge in [-0.15, -0.1) is 10.2 Å². The molecule has 0 bridgehead atoms. The summed E-state index contributed by atoms with van der Waals surface area (Å²) in [6.07, 6.45) is 2.71. The average molecular weight is 613 g/mol. The molecule has 0 radical (unpaired) electrons. The van der Waals surface area contributed by atoms with E-state index in [1.807, 2.05) is 17.7 Å². The number of methoxy groups -OCH3 is 1. The van der Waals surface area contributed by atoms with Crippen molar-refractivity contribution in [2.24, 2.45) is 0 Å². The van der Waals surface area contributed by atoms with Crippen molar-refractivity contribution in [1.82, 2.24) is 20.1 Å². The Hall–Kier alpha value is -2.21. The van der Waals surface area contributed by atoms with Crippen molar-refractivity contribution in [2.45, 2.75) is 31.1 Å². The molecule has 1 aromatic heterocycles. The number of amides is 2. The van der Waals surface area contributed by atoms with Crippen LogP contribution in [0, 0.1) is 0 Å². The molecule has 1 atom stereocenters. The normalized spacial score (nSPS) is 11.7. The number of rotatable bonds is 12. The molecule has 0 aliphatic carbocycles. The van der Waals surface area contributed by atoms with E-state index in [9.17, 15) is 9.59 Å². The van der Waals surface area contributed by atoms with E-state index in [2.05, 4.69) is 36.8 Å². The lowest BCUT2D eigenvalue weighted by Crippen LogP contribution is -2.31. The van der Waals surface area contributed by atoms with Crippen LogP contribution in [-0.4, -0.2) is 51.5 Å². The zero-order chi connectivity index (χ0) is 26.1. The third kappa shape index (κ3) is 7.64. The Kier molecular flexibility index (Phi) is 11.0. The third-order valence-electron chi connectivity index (χ3n) is 5.18. The Morgan fingerprint density at radius 2 is 1.94 bits per heavy atom. The van der Waals surface area contributed by atoms with Crippen LogP contribution in [0.15, 0.2) is 52.1 Å². The number of aromatic nitrogens is 3. The highest BCUT2D eigenvalue weighted by molar-refractivity contribution is 9.10. The first-order chi connectivity index (χ1) is 17.4. The zero-order valence-corrected chi connectivity index (χ0v) is 24.1. The Bertz CT molecular complexity index is 1190. The maximum absolute atomic E-state index is 12.9. The molecule has 3 rings (SSSR count). The number of nitrogens with one attached hydrogen (secondary N) is 2. The number of ether oxygens (including phenoxy) is 1. The van der Waals surface area contributed by atoms with E-state index in [1.165, 1.54) is 11.8 Å². The van der Waals surface area contributed by atoms with Crippen LogP contribution >= 0.6 is 51.1 Å². The minimum absolute atomic E-state index is 0.152. The fourth-order valence-electron chi connectivity index (χ4n) is 3.35. The van der Waals surface area contributed by atoms with Crippen LogP contribution < -0.4 is 15.4 Å². The van der Waals surface area contributed by atoms with E-state index in [1.54, 1.807) is 61.3 Å². The van der Waals surface area contributed by atoms with Crippen molar-refractivity contribution < 1.29 is 14.3 Å². The number of anilines is 1. The summed E-state index contributed by atoms with van der Waals surface area (Å²) in [7, 11) is 1.58. The van der Waals surface area contributed by atoms with Crippen molar-refractivity contribution in [3.63, 3.8) is 0 Å². The maximum atomic E-state index is 12.9. The molecule has 3 aromatic rings. The molecular formula is C24H27BrClN5O3S2. The second kappa shape index (κ2) is 13.9. The van der Waals surface area contributed by atoms with E-state index in [0.717, 1.165) is 10.2 Å². The SMILES string of the molecule is CCn1c(SCC(=O)Nc2ccc(Br)c(Cl)c2)nnc1[C@@H](CCSC)NC(=O)c1ccc(OC)cc1. The third-order valence-corrected chi connectivity index (χ3v) is 8.02. The molecule has 0 unspecified atom stereocenters. The monoisotopic (exact) mass is 611 g/mol. The number of benzene rings is 2. The number of hydrogen-bond acceptors (Lipinski definition) is 7. The standard InChI is InChI=1S/C24H27BrClN5O3S2/c1-4-31-22(20(11-12-35-3)28-23(33)15-5-8-17(34-2)9-6-15)29-30-24(31)36-14-21(32)27-16-7-10-18(25)19(26)13-16/h5-10,13,20H,4,11-12,14H2,1-3H3,(H,27,32)(H,28,33)/t20-/m1/s1. The number of halogens is 2. The summed E-state index contributed by atoms with van der Waals surface area (Å²) >= 11 is 12.4. The van der Waals surface area contributed by atoms with Gasteiger partial charge < -0.3 is 19.9 Å². The summed E-state index contributed by atoms with van der Waals surface area (Å²) in [6.45, 7) is 2.58. The summed E-state index contributed by atoms with van der Waals surface area (Å²) in [4.78, 5) is 25.4. The Labute approximate surface area is 232 Å². The van der Waals surface area contributed by atoms with Crippen LogP contribution in [0.25, 0.3) is 0 Å². The molecule has 0 fully saturated rings. The molecule has 0 aliphatic heterocycles. The van der Waals surface area contributed by atoms with Gasteiger partial charge in [0.15, 0.2) is 11.0 Å². The molecule has 2 N–H and O–H groups in total. The number of thioether (sulfide) groups is 2. The van der Waals surface area contributed by atoms with Gasteiger partial charge in [-0.3, -0.25) is 9.59 Å². The Morgan fingerprint density at radius 3 is 2.58 bits per heavy atom. The quantitative estimate of drug-likeness (QED) is 0.254. The largest absolute Gasteiger partial charge is 0.497 e. The van der Waals surface area contributed by atoms with Gasteiger partial charge in [0.05, 0.1) is 23.9 Å². The van der Waals surface area contributed by atoms with Crippen LogP contribution in [0.4, 0.5) is 5.69 Å². The molecule has 0 saturated heterocycles. The number of carbonyl (C=O) groups excluding carboxylic acids is 2. The van der Waals surface area contributed by atoms with Crippen LogP contribution in [0.1, 0.15) is 35.6 Å². The molecule has 1 heterocycles. The predicted molar refractivity (Wildman–Crippen MR) is 150 cm³/mol. The minimum Gasteiger partial charge on any atom is -0.497 e. The lowest BCUT2D eigenvalue weighted by Gasteiger charge is -2.19. The fourth-order valence-corrected chi connectivity index (χ4v) is 5.06. The number of carbonyl (C=O) groups is 2.